The van der Waals surface area contributed by atoms with Crippen molar-refractivity contribution in [2.24, 2.45) is 5.41 Å². The minimum Gasteiger partial charge on any atom is -0.466 e. The van der Waals surface area contributed by atoms with Gasteiger partial charge in [-0.25, -0.2) is 13.2 Å². The summed E-state index contributed by atoms with van der Waals surface area (Å²) < 4.78 is 52.9. The number of aryl methyl sites for hydroxylation is 1. The van der Waals surface area contributed by atoms with Crippen LogP contribution >= 0.6 is 0 Å². The van der Waals surface area contributed by atoms with E-state index in [4.69, 9.17) is 14.4 Å². The number of alkyl halides is 3. The predicted molar refractivity (Wildman–Crippen MR) is 120 cm³/mol. The lowest BCUT2D eigenvalue weighted by molar-refractivity contribution is -0.150. The van der Waals surface area contributed by atoms with Crippen molar-refractivity contribution in [3.05, 3.63) is 17.5 Å². The molecule has 0 aromatic carbocycles. The zero-order chi connectivity index (χ0) is 26.7. The Labute approximate surface area is 207 Å². The van der Waals surface area contributed by atoms with Crippen LogP contribution in [0.3, 0.4) is 0 Å². The van der Waals surface area contributed by atoms with E-state index >= 15 is 0 Å². The van der Waals surface area contributed by atoms with Gasteiger partial charge in [0.2, 0.25) is 12.3 Å². The molecule has 1 aromatic heterocycles. The van der Waals surface area contributed by atoms with E-state index in [0.29, 0.717) is 17.7 Å². The molecule has 13 heteroatoms. The van der Waals surface area contributed by atoms with Crippen molar-refractivity contribution in [1.29, 1.82) is 0 Å². The van der Waals surface area contributed by atoms with Gasteiger partial charge in [0.05, 0.1) is 25.2 Å². The molecule has 0 bridgehead atoms. The highest BCUT2D eigenvalue weighted by Crippen LogP contribution is 2.50. The molecule has 2 amide bonds. The minimum atomic E-state index is -2.98. The lowest BCUT2D eigenvalue weighted by Gasteiger charge is -2.49. The van der Waals surface area contributed by atoms with E-state index in [1.165, 1.54) is 6.07 Å². The maximum atomic E-state index is 14.3. The fourth-order valence-corrected chi connectivity index (χ4v) is 4.19. The molecule has 1 aromatic rings. The van der Waals surface area contributed by atoms with Crippen molar-refractivity contribution in [2.75, 3.05) is 32.9 Å². The van der Waals surface area contributed by atoms with Crippen LogP contribution in [0.1, 0.15) is 61.7 Å². The zero-order valence-corrected chi connectivity index (χ0v) is 20.3. The standard InChI is InChI=1S/C23H34F3N3O7/c1-2-35-18(32)7-3-10-27-20(33)19(23(22(25)26)8-5-9-23)29(13-15(24)14-31)21(34)17-12-16(36-28-17)6-4-11-30/h12,15,19,22,30-31H,2-11,13-14H2,1H3,(H,27,33). The highest BCUT2D eigenvalue weighted by atomic mass is 19.3. The summed E-state index contributed by atoms with van der Waals surface area (Å²) in [5.41, 5.74) is -2.21. The van der Waals surface area contributed by atoms with E-state index in [1.54, 1.807) is 6.92 Å². The summed E-state index contributed by atoms with van der Waals surface area (Å²) in [6.45, 7) is -0.147. The summed E-state index contributed by atoms with van der Waals surface area (Å²) in [7, 11) is 0. The smallest absolute Gasteiger partial charge is 0.305 e. The van der Waals surface area contributed by atoms with Crippen LogP contribution in [0, 0.1) is 5.41 Å². The summed E-state index contributed by atoms with van der Waals surface area (Å²) >= 11 is 0. The average Bonchev–Trinajstić information content (AvgIpc) is 3.29. The Bertz CT molecular complexity index is 864. The van der Waals surface area contributed by atoms with Crippen LogP contribution in [0.15, 0.2) is 10.6 Å². The molecular formula is C23H34F3N3O7. The predicted octanol–water partition coefficient (Wildman–Crippen LogP) is 1.64. The van der Waals surface area contributed by atoms with Gasteiger partial charge in [-0.3, -0.25) is 14.4 Å². The number of aliphatic hydroxyl groups excluding tert-OH is 2. The van der Waals surface area contributed by atoms with Crippen LogP contribution < -0.4 is 5.32 Å². The van der Waals surface area contributed by atoms with Crippen LogP contribution in [0.5, 0.6) is 0 Å². The highest BCUT2D eigenvalue weighted by Gasteiger charge is 2.57. The van der Waals surface area contributed by atoms with Crippen molar-refractivity contribution in [2.45, 2.75) is 70.5 Å². The van der Waals surface area contributed by atoms with Crippen molar-refractivity contribution >= 4 is 17.8 Å². The minimum absolute atomic E-state index is 0.00591. The molecule has 0 spiro atoms. The second-order valence-corrected chi connectivity index (χ2v) is 8.73. The number of aromatic nitrogens is 1. The van der Waals surface area contributed by atoms with Crippen LogP contribution in [0.2, 0.25) is 0 Å². The summed E-state index contributed by atoms with van der Waals surface area (Å²) in [6.07, 6.45) is -3.96. The van der Waals surface area contributed by atoms with E-state index in [2.05, 4.69) is 10.5 Å². The first kappa shape index (κ1) is 29.6. The van der Waals surface area contributed by atoms with Gasteiger partial charge in [0.25, 0.3) is 5.91 Å². The number of ether oxygens (including phenoxy) is 1. The van der Waals surface area contributed by atoms with Crippen molar-refractivity contribution in [1.82, 2.24) is 15.4 Å². The van der Waals surface area contributed by atoms with E-state index < -0.39 is 55.0 Å². The van der Waals surface area contributed by atoms with Gasteiger partial charge in [0, 0.05) is 32.1 Å². The lowest BCUT2D eigenvalue weighted by atomic mass is 9.63. The first-order chi connectivity index (χ1) is 17.2. The van der Waals surface area contributed by atoms with E-state index in [1.807, 2.05) is 0 Å². The van der Waals surface area contributed by atoms with Crippen molar-refractivity contribution in [3.8, 4) is 0 Å². The molecule has 0 radical (unpaired) electrons. The second-order valence-electron chi connectivity index (χ2n) is 8.73. The van der Waals surface area contributed by atoms with Gasteiger partial charge >= 0.3 is 5.97 Å². The molecule has 2 unspecified atom stereocenters. The van der Waals surface area contributed by atoms with Gasteiger partial charge < -0.3 is 29.7 Å². The lowest BCUT2D eigenvalue weighted by Crippen LogP contribution is -2.64. The Kier molecular flexibility index (Phi) is 11.6. The quantitative estimate of drug-likeness (QED) is 0.220. The van der Waals surface area contributed by atoms with E-state index in [9.17, 15) is 32.7 Å². The van der Waals surface area contributed by atoms with Crippen molar-refractivity contribution < 1.29 is 47.0 Å². The zero-order valence-electron chi connectivity index (χ0n) is 20.3. The first-order valence-corrected chi connectivity index (χ1v) is 12.0. The van der Waals surface area contributed by atoms with Crippen LogP contribution in [-0.4, -0.2) is 89.6 Å². The number of esters is 1. The third kappa shape index (κ3) is 7.42. The molecule has 3 N–H and O–H groups in total. The Morgan fingerprint density at radius 2 is 1.97 bits per heavy atom. The Hall–Kier alpha value is -2.67. The summed E-state index contributed by atoms with van der Waals surface area (Å²) in [5, 5.41) is 24.3. The molecule has 1 fully saturated rings. The first-order valence-electron chi connectivity index (χ1n) is 12.0. The Morgan fingerprint density at radius 1 is 1.25 bits per heavy atom. The molecule has 1 heterocycles. The van der Waals surface area contributed by atoms with Gasteiger partial charge in [0.1, 0.15) is 18.0 Å². The molecule has 0 saturated heterocycles. The van der Waals surface area contributed by atoms with Crippen LogP contribution in [-0.2, 0) is 20.7 Å². The number of halogens is 3. The molecular weight excluding hydrogens is 487 g/mol. The number of amides is 2. The third-order valence-electron chi connectivity index (χ3n) is 6.20. The number of carbonyl (C=O) groups excluding carboxylic acids is 3. The Morgan fingerprint density at radius 3 is 2.53 bits per heavy atom. The molecule has 2 atom stereocenters. The number of rotatable bonds is 16. The van der Waals surface area contributed by atoms with Gasteiger partial charge in [-0.15, -0.1) is 0 Å². The number of carbonyl (C=O) groups is 3. The fraction of sp³-hybridized carbons (Fsp3) is 0.739. The topological polar surface area (TPSA) is 142 Å². The molecule has 36 heavy (non-hydrogen) atoms. The summed E-state index contributed by atoms with van der Waals surface area (Å²) in [6, 6.07) is -0.495. The number of hydrogen-bond acceptors (Lipinski definition) is 8. The van der Waals surface area contributed by atoms with E-state index in [0.717, 1.165) is 0 Å². The molecule has 1 aliphatic rings. The van der Waals surface area contributed by atoms with Crippen molar-refractivity contribution in [3.63, 3.8) is 0 Å². The maximum Gasteiger partial charge on any atom is 0.305 e. The van der Waals surface area contributed by atoms with Gasteiger partial charge in [0.15, 0.2) is 5.69 Å². The van der Waals surface area contributed by atoms with Gasteiger partial charge in [-0.2, -0.15) is 0 Å². The number of aliphatic hydroxyl groups is 2. The normalized spacial score (nSPS) is 16.2. The second kappa shape index (κ2) is 14.2. The van der Waals surface area contributed by atoms with Crippen LogP contribution in [0.25, 0.3) is 0 Å². The highest BCUT2D eigenvalue weighted by molar-refractivity contribution is 5.96. The third-order valence-corrected chi connectivity index (χ3v) is 6.20. The maximum absolute atomic E-state index is 14.3. The van der Waals surface area contributed by atoms with Gasteiger partial charge in [-0.05, 0) is 32.6 Å². The Balaban J connectivity index is 2.32. The largest absolute Gasteiger partial charge is 0.466 e. The molecule has 1 saturated carbocycles. The fourth-order valence-electron chi connectivity index (χ4n) is 4.19. The molecule has 204 valence electrons. The van der Waals surface area contributed by atoms with E-state index in [-0.39, 0.29) is 63.3 Å². The number of nitrogens with one attached hydrogen (secondary N) is 1. The molecule has 1 aliphatic carbocycles. The number of hydrogen-bond donors (Lipinski definition) is 3. The number of nitrogens with zero attached hydrogens (tertiary/aromatic N) is 2. The molecule has 0 aliphatic heterocycles. The summed E-state index contributed by atoms with van der Waals surface area (Å²) in [4.78, 5) is 38.8. The SMILES string of the molecule is CCOC(=O)CCCNC(=O)C(N(CC(F)CO)C(=O)c1cc(CCCO)on1)C1(C(F)F)CCC1. The van der Waals surface area contributed by atoms with Crippen LogP contribution in [0.4, 0.5) is 13.2 Å². The molecule has 2 rings (SSSR count). The van der Waals surface area contributed by atoms with Gasteiger partial charge in [-0.1, -0.05) is 11.6 Å². The summed E-state index contributed by atoms with van der Waals surface area (Å²) in [5.74, 6) is -2.14. The monoisotopic (exact) mass is 521 g/mol. The molecule has 10 nitrogen and oxygen atoms in total. The average molecular weight is 522 g/mol.